The van der Waals surface area contributed by atoms with Crippen LogP contribution < -0.4 is 10.1 Å². The van der Waals surface area contributed by atoms with Crippen molar-refractivity contribution in [2.75, 3.05) is 25.5 Å². The lowest BCUT2D eigenvalue weighted by atomic mass is 10.1. The second-order valence-electron chi connectivity index (χ2n) is 6.41. The van der Waals surface area contributed by atoms with E-state index in [1.807, 2.05) is 0 Å². The highest BCUT2D eigenvalue weighted by Crippen LogP contribution is 2.30. The van der Waals surface area contributed by atoms with Crippen LogP contribution in [0.2, 0.25) is 0 Å². The van der Waals surface area contributed by atoms with Crippen LogP contribution in [0.15, 0.2) is 41.3 Å². The number of aryl methyl sites for hydroxylation is 1. The first kappa shape index (κ1) is 19.3. The van der Waals surface area contributed by atoms with Crippen molar-refractivity contribution in [3.8, 4) is 5.75 Å². The van der Waals surface area contributed by atoms with E-state index in [2.05, 4.69) is 5.32 Å². The largest absolute Gasteiger partial charge is 0.495 e. The number of amides is 1. The van der Waals surface area contributed by atoms with Crippen molar-refractivity contribution >= 4 is 21.6 Å². The zero-order valence-electron chi connectivity index (χ0n) is 15.2. The van der Waals surface area contributed by atoms with E-state index in [1.54, 1.807) is 13.0 Å². The maximum Gasteiger partial charge on any atom is 0.255 e. The minimum atomic E-state index is -3.77. The molecule has 6 nitrogen and oxygen atoms in total. The number of benzene rings is 2. The molecule has 27 heavy (non-hydrogen) atoms. The maximum absolute atomic E-state index is 13.9. The average Bonchev–Trinajstić information content (AvgIpc) is 3.19. The Hall–Kier alpha value is -2.45. The topological polar surface area (TPSA) is 75.7 Å². The number of methoxy groups -OCH3 is 1. The van der Waals surface area contributed by atoms with Gasteiger partial charge in [-0.1, -0.05) is 6.07 Å². The zero-order valence-corrected chi connectivity index (χ0v) is 16.0. The van der Waals surface area contributed by atoms with Crippen LogP contribution in [0.3, 0.4) is 0 Å². The smallest absolute Gasteiger partial charge is 0.255 e. The molecule has 0 spiro atoms. The Labute approximate surface area is 158 Å². The molecule has 0 radical (unpaired) electrons. The molecule has 0 unspecified atom stereocenters. The van der Waals surface area contributed by atoms with E-state index in [1.165, 1.54) is 41.7 Å². The van der Waals surface area contributed by atoms with Gasteiger partial charge < -0.3 is 10.1 Å². The van der Waals surface area contributed by atoms with E-state index >= 15 is 0 Å². The molecule has 1 heterocycles. The summed E-state index contributed by atoms with van der Waals surface area (Å²) in [7, 11) is -2.40. The van der Waals surface area contributed by atoms with Gasteiger partial charge in [0.25, 0.3) is 5.91 Å². The number of halogens is 1. The van der Waals surface area contributed by atoms with Crippen molar-refractivity contribution in [3.63, 3.8) is 0 Å². The lowest BCUT2D eigenvalue weighted by Crippen LogP contribution is -2.28. The normalized spacial score (nSPS) is 14.9. The highest BCUT2D eigenvalue weighted by molar-refractivity contribution is 7.89. The summed E-state index contributed by atoms with van der Waals surface area (Å²) in [5.41, 5.74) is 0.938. The van der Waals surface area contributed by atoms with Crippen molar-refractivity contribution < 1.29 is 22.3 Å². The lowest BCUT2D eigenvalue weighted by molar-refractivity contribution is 0.102. The fourth-order valence-corrected chi connectivity index (χ4v) is 4.72. The summed E-state index contributed by atoms with van der Waals surface area (Å²) in [4.78, 5) is 12.5. The Morgan fingerprint density at radius 1 is 1.15 bits per heavy atom. The summed E-state index contributed by atoms with van der Waals surface area (Å²) in [6.45, 7) is 2.66. The van der Waals surface area contributed by atoms with Crippen LogP contribution in [0.1, 0.15) is 28.8 Å². The van der Waals surface area contributed by atoms with E-state index in [9.17, 15) is 17.6 Å². The Kier molecular flexibility index (Phi) is 5.48. The monoisotopic (exact) mass is 392 g/mol. The van der Waals surface area contributed by atoms with E-state index in [0.717, 1.165) is 18.4 Å². The fourth-order valence-electron chi connectivity index (χ4n) is 3.02. The van der Waals surface area contributed by atoms with Crippen LogP contribution in [-0.2, 0) is 10.0 Å². The zero-order chi connectivity index (χ0) is 19.6. The molecular weight excluding hydrogens is 371 g/mol. The molecule has 1 N–H and O–H groups in total. The molecule has 8 heteroatoms. The summed E-state index contributed by atoms with van der Waals surface area (Å²) in [5, 5.41) is 2.49. The molecule has 0 atom stereocenters. The quantitative estimate of drug-likeness (QED) is 0.848. The van der Waals surface area contributed by atoms with Crippen LogP contribution in [0.5, 0.6) is 5.75 Å². The van der Waals surface area contributed by atoms with Crippen molar-refractivity contribution in [1.82, 2.24) is 4.31 Å². The predicted octanol–water partition coefficient (Wildman–Crippen LogP) is 3.18. The van der Waals surface area contributed by atoms with Crippen molar-refractivity contribution in [2.45, 2.75) is 24.7 Å². The molecule has 144 valence electrons. The number of ether oxygens (including phenoxy) is 1. The second-order valence-corrected chi connectivity index (χ2v) is 8.32. The highest BCUT2D eigenvalue weighted by atomic mass is 32.2. The summed E-state index contributed by atoms with van der Waals surface area (Å²) >= 11 is 0. The molecule has 3 rings (SSSR count). The third-order valence-electron chi connectivity index (χ3n) is 4.48. The Balaban J connectivity index is 1.95. The van der Waals surface area contributed by atoms with Gasteiger partial charge in [0.15, 0.2) is 0 Å². The summed E-state index contributed by atoms with van der Waals surface area (Å²) in [6, 6.07) is 8.53. The number of carbonyl (C=O) groups is 1. The molecule has 2 aromatic carbocycles. The first-order chi connectivity index (χ1) is 12.8. The van der Waals surface area contributed by atoms with Crippen molar-refractivity contribution in [3.05, 3.63) is 53.3 Å². The third kappa shape index (κ3) is 3.96. The van der Waals surface area contributed by atoms with Gasteiger partial charge in [-0.2, -0.15) is 4.31 Å². The first-order valence-corrected chi connectivity index (χ1v) is 10.0. The molecule has 1 saturated heterocycles. The standard InChI is InChI=1S/C19H21FN2O4S/c1-13-5-7-15(20)16(11-13)21-19(23)14-6-8-17(26-2)18(12-14)27(24,25)22-9-3-4-10-22/h5-8,11-12H,3-4,9-10H2,1-2H3,(H,21,23). The number of hydrogen-bond donors (Lipinski definition) is 1. The number of hydrogen-bond acceptors (Lipinski definition) is 4. The Bertz CT molecular complexity index is 970. The molecular formula is C19H21FN2O4S. The van der Waals surface area contributed by atoms with Crippen LogP contribution in [-0.4, -0.2) is 38.8 Å². The van der Waals surface area contributed by atoms with E-state index in [-0.39, 0.29) is 21.9 Å². The van der Waals surface area contributed by atoms with Crippen LogP contribution in [0.25, 0.3) is 0 Å². The van der Waals surface area contributed by atoms with Gasteiger partial charge in [0.05, 0.1) is 12.8 Å². The lowest BCUT2D eigenvalue weighted by Gasteiger charge is -2.18. The molecule has 1 aliphatic heterocycles. The minimum absolute atomic E-state index is 0.0415. The average molecular weight is 392 g/mol. The number of nitrogens with zero attached hydrogens (tertiary/aromatic N) is 1. The number of rotatable bonds is 5. The molecule has 1 amide bonds. The molecule has 0 bridgehead atoms. The molecule has 0 saturated carbocycles. The van der Waals surface area contributed by atoms with Gasteiger partial charge in [-0.05, 0) is 55.7 Å². The van der Waals surface area contributed by atoms with Crippen LogP contribution >= 0.6 is 0 Å². The van der Waals surface area contributed by atoms with E-state index < -0.39 is 21.7 Å². The first-order valence-electron chi connectivity index (χ1n) is 8.58. The number of carbonyl (C=O) groups excluding carboxylic acids is 1. The Morgan fingerprint density at radius 3 is 2.52 bits per heavy atom. The summed E-state index contributed by atoms with van der Waals surface area (Å²) < 4.78 is 46.3. The van der Waals surface area contributed by atoms with Crippen LogP contribution in [0.4, 0.5) is 10.1 Å². The van der Waals surface area contributed by atoms with Gasteiger partial charge in [-0.15, -0.1) is 0 Å². The number of anilines is 1. The summed E-state index contributed by atoms with van der Waals surface area (Å²) in [6.07, 6.45) is 1.60. The van der Waals surface area contributed by atoms with Gasteiger partial charge in [0, 0.05) is 18.7 Å². The van der Waals surface area contributed by atoms with Gasteiger partial charge in [0.1, 0.15) is 16.5 Å². The van der Waals surface area contributed by atoms with E-state index in [4.69, 9.17) is 4.74 Å². The van der Waals surface area contributed by atoms with Crippen molar-refractivity contribution in [1.29, 1.82) is 0 Å². The maximum atomic E-state index is 13.9. The molecule has 0 aliphatic carbocycles. The molecule has 2 aromatic rings. The predicted molar refractivity (Wildman–Crippen MR) is 100 cm³/mol. The van der Waals surface area contributed by atoms with Gasteiger partial charge in [0.2, 0.25) is 10.0 Å². The SMILES string of the molecule is COc1ccc(C(=O)Nc2cc(C)ccc2F)cc1S(=O)(=O)N1CCCC1. The number of nitrogens with one attached hydrogen (secondary N) is 1. The van der Waals surface area contributed by atoms with Crippen molar-refractivity contribution in [2.24, 2.45) is 0 Å². The summed E-state index contributed by atoms with van der Waals surface area (Å²) in [5.74, 6) is -0.993. The third-order valence-corrected chi connectivity index (χ3v) is 6.40. The fraction of sp³-hybridized carbons (Fsp3) is 0.316. The van der Waals surface area contributed by atoms with Gasteiger partial charge in [-0.3, -0.25) is 4.79 Å². The molecule has 1 aliphatic rings. The van der Waals surface area contributed by atoms with Gasteiger partial charge >= 0.3 is 0 Å². The van der Waals surface area contributed by atoms with Gasteiger partial charge in [-0.25, -0.2) is 12.8 Å². The molecule has 1 fully saturated rings. The minimum Gasteiger partial charge on any atom is -0.495 e. The second kappa shape index (κ2) is 7.66. The highest BCUT2D eigenvalue weighted by Gasteiger charge is 2.30. The Morgan fingerprint density at radius 2 is 1.85 bits per heavy atom. The van der Waals surface area contributed by atoms with E-state index in [0.29, 0.717) is 13.1 Å². The molecule has 0 aromatic heterocycles. The van der Waals surface area contributed by atoms with Crippen LogP contribution in [0, 0.1) is 12.7 Å². The number of sulfonamides is 1.